The second-order valence-corrected chi connectivity index (χ2v) is 4.11. The highest BCUT2D eigenvalue weighted by atomic mass is 35.5. The number of morpholine rings is 1. The van der Waals surface area contributed by atoms with Gasteiger partial charge in [0.1, 0.15) is 5.82 Å². The Labute approximate surface area is 99.1 Å². The fourth-order valence-corrected chi connectivity index (χ4v) is 1.79. The van der Waals surface area contributed by atoms with Gasteiger partial charge < -0.3 is 4.74 Å². The maximum Gasteiger partial charge on any atom is 0.127 e. The van der Waals surface area contributed by atoms with Crippen LogP contribution < -0.4 is 5.43 Å². The molecule has 0 atom stereocenters. The van der Waals surface area contributed by atoms with Crippen molar-refractivity contribution in [3.05, 3.63) is 34.6 Å². The highest BCUT2D eigenvalue weighted by Gasteiger charge is 2.10. The van der Waals surface area contributed by atoms with Crippen molar-refractivity contribution < 1.29 is 9.13 Å². The van der Waals surface area contributed by atoms with Crippen LogP contribution in [0, 0.1) is 5.82 Å². The minimum absolute atomic E-state index is 0.231. The van der Waals surface area contributed by atoms with Crippen molar-refractivity contribution in [1.29, 1.82) is 0 Å². The van der Waals surface area contributed by atoms with Crippen LogP contribution in [-0.4, -0.2) is 31.3 Å². The van der Waals surface area contributed by atoms with Gasteiger partial charge in [0.05, 0.1) is 13.2 Å². The van der Waals surface area contributed by atoms with E-state index in [0.29, 0.717) is 30.3 Å². The van der Waals surface area contributed by atoms with E-state index in [9.17, 15) is 4.39 Å². The molecule has 1 aliphatic heterocycles. The van der Waals surface area contributed by atoms with Gasteiger partial charge in [0, 0.05) is 30.2 Å². The fourth-order valence-electron chi connectivity index (χ4n) is 1.60. The quantitative estimate of drug-likeness (QED) is 0.878. The zero-order valence-electron chi connectivity index (χ0n) is 8.88. The van der Waals surface area contributed by atoms with Gasteiger partial charge in [-0.15, -0.1) is 0 Å². The van der Waals surface area contributed by atoms with E-state index in [2.05, 4.69) is 5.43 Å². The summed E-state index contributed by atoms with van der Waals surface area (Å²) < 4.78 is 18.6. The lowest BCUT2D eigenvalue weighted by atomic mass is 10.2. The van der Waals surface area contributed by atoms with E-state index in [1.165, 1.54) is 6.07 Å². The lowest BCUT2D eigenvalue weighted by Gasteiger charge is -2.27. The maximum atomic E-state index is 13.4. The molecule has 16 heavy (non-hydrogen) atoms. The van der Waals surface area contributed by atoms with E-state index >= 15 is 0 Å². The summed E-state index contributed by atoms with van der Waals surface area (Å²) in [6.07, 6.45) is 0. The van der Waals surface area contributed by atoms with Crippen molar-refractivity contribution >= 4 is 11.6 Å². The van der Waals surface area contributed by atoms with Crippen molar-refractivity contribution in [1.82, 2.24) is 10.4 Å². The number of hydrogen-bond donors (Lipinski definition) is 1. The molecule has 1 aromatic rings. The van der Waals surface area contributed by atoms with Gasteiger partial charge in [0.2, 0.25) is 0 Å². The molecule has 1 aromatic carbocycles. The normalized spacial score (nSPS) is 17.6. The Hall–Kier alpha value is -0.680. The first kappa shape index (κ1) is 11.8. The third kappa shape index (κ3) is 3.15. The molecule has 1 fully saturated rings. The highest BCUT2D eigenvalue weighted by molar-refractivity contribution is 6.30. The molecule has 1 heterocycles. The molecular weight excluding hydrogens is 231 g/mol. The minimum atomic E-state index is -0.231. The molecule has 0 unspecified atom stereocenters. The highest BCUT2D eigenvalue weighted by Crippen LogP contribution is 2.14. The Morgan fingerprint density at radius 3 is 2.88 bits per heavy atom. The topological polar surface area (TPSA) is 24.5 Å². The molecule has 0 amide bonds. The van der Waals surface area contributed by atoms with Gasteiger partial charge in [-0.05, 0) is 18.2 Å². The van der Waals surface area contributed by atoms with Crippen LogP contribution in [0.2, 0.25) is 5.02 Å². The van der Waals surface area contributed by atoms with Crippen molar-refractivity contribution in [2.45, 2.75) is 6.54 Å². The second-order valence-electron chi connectivity index (χ2n) is 3.67. The van der Waals surface area contributed by atoms with Crippen molar-refractivity contribution in [2.75, 3.05) is 26.3 Å². The fraction of sp³-hybridized carbons (Fsp3) is 0.455. The van der Waals surface area contributed by atoms with Crippen LogP contribution in [0.1, 0.15) is 5.56 Å². The first-order valence-electron chi connectivity index (χ1n) is 5.26. The molecule has 0 saturated carbocycles. The largest absolute Gasteiger partial charge is 0.379 e. The van der Waals surface area contributed by atoms with Crippen LogP contribution in [0.4, 0.5) is 4.39 Å². The van der Waals surface area contributed by atoms with Gasteiger partial charge in [-0.2, -0.15) is 0 Å². The van der Waals surface area contributed by atoms with Gasteiger partial charge in [-0.1, -0.05) is 11.6 Å². The zero-order valence-corrected chi connectivity index (χ0v) is 9.63. The smallest absolute Gasteiger partial charge is 0.127 e. The molecule has 0 radical (unpaired) electrons. The van der Waals surface area contributed by atoms with Crippen LogP contribution in [0.15, 0.2) is 18.2 Å². The summed E-state index contributed by atoms with van der Waals surface area (Å²) in [5.74, 6) is -0.231. The number of halogens is 2. The van der Waals surface area contributed by atoms with Crippen LogP contribution in [-0.2, 0) is 11.3 Å². The molecule has 88 valence electrons. The van der Waals surface area contributed by atoms with Gasteiger partial charge in [0.15, 0.2) is 0 Å². The zero-order chi connectivity index (χ0) is 11.4. The SMILES string of the molecule is Fc1ccc(Cl)cc1CNN1CCOCC1. The molecule has 0 bridgehead atoms. The lowest BCUT2D eigenvalue weighted by molar-refractivity contribution is 0.0104. The molecular formula is C11H14ClFN2O. The second kappa shape index (κ2) is 5.59. The van der Waals surface area contributed by atoms with E-state index in [-0.39, 0.29) is 5.82 Å². The molecule has 5 heteroatoms. The molecule has 0 aromatic heterocycles. The third-order valence-electron chi connectivity index (χ3n) is 2.51. The maximum absolute atomic E-state index is 13.4. The Morgan fingerprint density at radius 1 is 1.38 bits per heavy atom. The standard InChI is InChI=1S/C11H14ClFN2O/c12-10-1-2-11(13)9(7-10)8-14-15-3-5-16-6-4-15/h1-2,7,14H,3-6,8H2. The number of hydrazine groups is 1. The van der Waals surface area contributed by atoms with Crippen LogP contribution in [0.5, 0.6) is 0 Å². The molecule has 0 aliphatic carbocycles. The summed E-state index contributed by atoms with van der Waals surface area (Å²) in [5.41, 5.74) is 3.74. The summed E-state index contributed by atoms with van der Waals surface area (Å²) in [4.78, 5) is 0. The van der Waals surface area contributed by atoms with E-state index < -0.39 is 0 Å². The van der Waals surface area contributed by atoms with Crippen molar-refractivity contribution in [2.24, 2.45) is 0 Å². The van der Waals surface area contributed by atoms with Gasteiger partial charge in [0.25, 0.3) is 0 Å². The van der Waals surface area contributed by atoms with Gasteiger partial charge in [-0.3, -0.25) is 5.43 Å². The summed E-state index contributed by atoms with van der Waals surface area (Å²) in [6.45, 7) is 3.52. The third-order valence-corrected chi connectivity index (χ3v) is 2.75. The molecule has 1 saturated heterocycles. The monoisotopic (exact) mass is 244 g/mol. The number of nitrogens with one attached hydrogen (secondary N) is 1. The average molecular weight is 245 g/mol. The molecule has 0 spiro atoms. The summed E-state index contributed by atoms with van der Waals surface area (Å²) in [6, 6.07) is 4.58. The number of ether oxygens (including phenoxy) is 1. The number of benzene rings is 1. The van der Waals surface area contributed by atoms with E-state index in [1.54, 1.807) is 12.1 Å². The molecule has 3 nitrogen and oxygen atoms in total. The minimum Gasteiger partial charge on any atom is -0.379 e. The summed E-state index contributed by atoms with van der Waals surface area (Å²) in [5, 5.41) is 2.59. The lowest BCUT2D eigenvalue weighted by Crippen LogP contribution is -2.45. The van der Waals surface area contributed by atoms with Gasteiger partial charge >= 0.3 is 0 Å². The molecule has 1 aliphatic rings. The number of hydrogen-bond acceptors (Lipinski definition) is 3. The van der Waals surface area contributed by atoms with Gasteiger partial charge in [-0.25, -0.2) is 9.40 Å². The first-order valence-corrected chi connectivity index (χ1v) is 5.63. The van der Waals surface area contributed by atoms with Crippen LogP contribution in [0.3, 0.4) is 0 Å². The predicted molar refractivity (Wildman–Crippen MR) is 60.6 cm³/mol. The van der Waals surface area contributed by atoms with Crippen molar-refractivity contribution in [3.8, 4) is 0 Å². The Bertz CT molecular complexity index is 356. The number of rotatable bonds is 3. The van der Waals surface area contributed by atoms with Crippen LogP contribution >= 0.6 is 11.6 Å². The number of nitrogens with zero attached hydrogens (tertiary/aromatic N) is 1. The van der Waals surface area contributed by atoms with E-state index in [4.69, 9.17) is 16.3 Å². The van der Waals surface area contributed by atoms with E-state index in [0.717, 1.165) is 13.1 Å². The van der Waals surface area contributed by atoms with E-state index in [1.807, 2.05) is 5.01 Å². The molecule has 1 N–H and O–H groups in total. The van der Waals surface area contributed by atoms with Crippen molar-refractivity contribution in [3.63, 3.8) is 0 Å². The van der Waals surface area contributed by atoms with Crippen LogP contribution in [0.25, 0.3) is 0 Å². The average Bonchev–Trinajstić information content (AvgIpc) is 2.32. The molecule has 2 rings (SSSR count). The summed E-state index contributed by atoms with van der Waals surface area (Å²) >= 11 is 5.81. The predicted octanol–water partition coefficient (Wildman–Crippen LogP) is 1.82. The Balaban J connectivity index is 1.90. The summed E-state index contributed by atoms with van der Waals surface area (Å²) in [7, 11) is 0. The Morgan fingerprint density at radius 2 is 2.12 bits per heavy atom. The Kier molecular flexibility index (Phi) is 4.12. The first-order chi connectivity index (χ1) is 7.75.